The molecule has 34 heavy (non-hydrogen) atoms. The number of piperazine rings is 1. The van der Waals surface area contributed by atoms with Crippen LogP contribution in [0, 0.1) is 0 Å². The Morgan fingerprint density at radius 3 is 2.56 bits per heavy atom. The molecule has 0 radical (unpaired) electrons. The lowest BCUT2D eigenvalue weighted by Gasteiger charge is -2.35. The number of halogens is 2. The van der Waals surface area contributed by atoms with Gasteiger partial charge in [-0.3, -0.25) is 9.69 Å². The van der Waals surface area contributed by atoms with Crippen LogP contribution in [0.2, 0.25) is 10.2 Å². The second kappa shape index (κ2) is 11.3. The summed E-state index contributed by atoms with van der Waals surface area (Å²) in [4.78, 5) is 25.8. The Kier molecular flexibility index (Phi) is 8.00. The Hall–Kier alpha value is -3.13. The second-order valence-electron chi connectivity index (χ2n) is 7.79. The maximum Gasteiger partial charge on any atom is 0.255 e. The monoisotopic (exact) mass is 497 g/mol. The van der Waals surface area contributed by atoms with E-state index in [2.05, 4.69) is 37.2 Å². The first kappa shape index (κ1) is 24.0. The number of amides is 1. The quantitative estimate of drug-likeness (QED) is 0.469. The first-order valence-electron chi connectivity index (χ1n) is 10.9. The van der Waals surface area contributed by atoms with Crippen molar-refractivity contribution in [3.63, 3.8) is 0 Å². The number of hydrogen-bond donors (Lipinski definition) is 1. The predicted molar refractivity (Wildman–Crippen MR) is 137 cm³/mol. The van der Waals surface area contributed by atoms with Crippen molar-refractivity contribution in [2.45, 2.75) is 0 Å². The molecule has 1 saturated heterocycles. The number of benzene rings is 1. The molecule has 1 fully saturated rings. The lowest BCUT2D eigenvalue weighted by atomic mass is 10.2. The van der Waals surface area contributed by atoms with Crippen molar-refractivity contribution < 1.29 is 9.53 Å². The summed E-state index contributed by atoms with van der Waals surface area (Å²) >= 11 is 11.9. The van der Waals surface area contributed by atoms with E-state index in [1.165, 1.54) is 12.3 Å². The number of methoxy groups -OCH3 is 1. The molecule has 0 atom stereocenters. The van der Waals surface area contributed by atoms with E-state index < -0.39 is 0 Å². The number of nitrogens with one attached hydrogen (secondary N) is 1. The molecule has 0 bridgehead atoms. The van der Waals surface area contributed by atoms with Crippen molar-refractivity contribution in [2.24, 2.45) is 0 Å². The molecule has 3 heterocycles. The number of anilines is 2. The highest BCUT2D eigenvalue weighted by Gasteiger charge is 2.22. The van der Waals surface area contributed by atoms with Crippen molar-refractivity contribution in [1.82, 2.24) is 14.9 Å². The summed E-state index contributed by atoms with van der Waals surface area (Å²) in [7, 11) is 1.58. The topological polar surface area (TPSA) is 70.6 Å². The lowest BCUT2D eigenvalue weighted by molar-refractivity contribution is 0.102. The Labute approximate surface area is 209 Å². The molecule has 9 heteroatoms. The van der Waals surface area contributed by atoms with Crippen LogP contribution in [0.5, 0.6) is 5.88 Å². The second-order valence-corrected chi connectivity index (χ2v) is 8.61. The summed E-state index contributed by atoms with van der Waals surface area (Å²) in [5.41, 5.74) is 2.17. The normalized spacial score (nSPS) is 14.4. The lowest BCUT2D eigenvalue weighted by Crippen LogP contribution is -2.46. The van der Waals surface area contributed by atoms with Gasteiger partial charge in [0.15, 0.2) is 5.82 Å². The van der Waals surface area contributed by atoms with Gasteiger partial charge in [-0.05, 0) is 35.9 Å². The van der Waals surface area contributed by atoms with Gasteiger partial charge in [0.2, 0.25) is 5.88 Å². The highest BCUT2D eigenvalue weighted by Crippen LogP contribution is 2.28. The van der Waals surface area contributed by atoms with Crippen molar-refractivity contribution in [2.75, 3.05) is 50.1 Å². The van der Waals surface area contributed by atoms with Gasteiger partial charge < -0.3 is 15.0 Å². The summed E-state index contributed by atoms with van der Waals surface area (Å²) in [6.45, 7) is 4.15. The average Bonchev–Trinajstić information content (AvgIpc) is 2.86. The zero-order valence-electron chi connectivity index (χ0n) is 18.7. The van der Waals surface area contributed by atoms with Gasteiger partial charge in [0.1, 0.15) is 5.15 Å². The summed E-state index contributed by atoms with van der Waals surface area (Å²) < 4.78 is 5.33. The van der Waals surface area contributed by atoms with Crippen LogP contribution in [0.1, 0.15) is 15.9 Å². The van der Waals surface area contributed by atoms with E-state index in [-0.39, 0.29) is 11.1 Å². The third-order valence-electron chi connectivity index (χ3n) is 5.51. The smallest absolute Gasteiger partial charge is 0.255 e. The first-order valence-corrected chi connectivity index (χ1v) is 11.6. The summed E-state index contributed by atoms with van der Waals surface area (Å²) in [6, 6.07) is 14.5. The van der Waals surface area contributed by atoms with Gasteiger partial charge in [-0.15, -0.1) is 0 Å². The minimum Gasteiger partial charge on any atom is -0.481 e. The molecule has 0 aliphatic carbocycles. The Bertz CT molecular complexity index is 1160. The van der Waals surface area contributed by atoms with Gasteiger partial charge in [0, 0.05) is 55.6 Å². The van der Waals surface area contributed by atoms with E-state index in [0.717, 1.165) is 43.3 Å². The number of nitrogens with zero attached hydrogens (tertiary/aromatic N) is 4. The summed E-state index contributed by atoms with van der Waals surface area (Å²) in [6.07, 6.45) is 5.77. The van der Waals surface area contributed by atoms with Gasteiger partial charge >= 0.3 is 0 Å². The number of rotatable bonds is 7. The molecule has 1 aromatic carbocycles. The molecule has 3 aromatic rings. The number of carbonyl (C=O) groups excluding carboxylic acids is 1. The first-order chi connectivity index (χ1) is 16.5. The molecule has 0 saturated carbocycles. The molecule has 0 spiro atoms. The maximum atomic E-state index is 12.8. The van der Waals surface area contributed by atoms with Crippen LogP contribution in [0.25, 0.3) is 6.08 Å². The molecule has 2 aromatic heterocycles. The van der Waals surface area contributed by atoms with Crippen LogP contribution in [0.4, 0.5) is 11.5 Å². The SMILES string of the molecule is COc1ccc(NC(=O)c2ccnc(Cl)c2)c(N2CCN(CC=Cc3ccc(Cl)cc3)CC2)n1. The predicted octanol–water partition coefficient (Wildman–Crippen LogP) is 4.88. The van der Waals surface area contributed by atoms with E-state index >= 15 is 0 Å². The molecule has 7 nitrogen and oxygen atoms in total. The van der Waals surface area contributed by atoms with E-state index in [9.17, 15) is 4.79 Å². The largest absolute Gasteiger partial charge is 0.481 e. The minimum absolute atomic E-state index is 0.266. The van der Waals surface area contributed by atoms with Gasteiger partial charge in [-0.25, -0.2) is 4.98 Å². The highest BCUT2D eigenvalue weighted by atomic mass is 35.5. The van der Waals surface area contributed by atoms with Gasteiger partial charge in [-0.1, -0.05) is 47.5 Å². The molecule has 4 rings (SSSR count). The minimum atomic E-state index is -0.275. The fraction of sp³-hybridized carbons (Fsp3) is 0.240. The third-order valence-corrected chi connectivity index (χ3v) is 5.97. The van der Waals surface area contributed by atoms with Crippen LogP contribution in [-0.2, 0) is 0 Å². The van der Waals surface area contributed by atoms with Crippen molar-refractivity contribution in [1.29, 1.82) is 0 Å². The van der Waals surface area contributed by atoms with Crippen LogP contribution in [-0.4, -0.2) is 60.6 Å². The fourth-order valence-corrected chi connectivity index (χ4v) is 3.98. The Morgan fingerprint density at radius 2 is 1.85 bits per heavy atom. The molecule has 1 aliphatic rings. The van der Waals surface area contributed by atoms with Gasteiger partial charge in [0.05, 0.1) is 12.8 Å². The molecule has 1 aliphatic heterocycles. The van der Waals surface area contributed by atoms with E-state index in [1.54, 1.807) is 19.2 Å². The summed E-state index contributed by atoms with van der Waals surface area (Å²) in [5.74, 6) is 0.904. The van der Waals surface area contributed by atoms with Crippen molar-refractivity contribution >= 4 is 46.7 Å². The summed E-state index contributed by atoms with van der Waals surface area (Å²) in [5, 5.41) is 3.95. The van der Waals surface area contributed by atoms with E-state index in [1.807, 2.05) is 30.3 Å². The van der Waals surface area contributed by atoms with Crippen LogP contribution < -0.4 is 15.0 Å². The zero-order chi connectivity index (χ0) is 23.9. The van der Waals surface area contributed by atoms with Crippen LogP contribution in [0.15, 0.2) is 60.8 Å². The number of aromatic nitrogens is 2. The standard InChI is InChI=1S/C25H25Cl2N5O2/c1-34-23-9-8-21(29-25(33)19-10-11-28-22(27)17-19)24(30-23)32-15-13-31(14-16-32)12-2-3-18-4-6-20(26)7-5-18/h2-11,17H,12-16H2,1H3,(H,29,33). The highest BCUT2D eigenvalue weighted by molar-refractivity contribution is 6.30. The van der Waals surface area contributed by atoms with Crippen LogP contribution in [0.3, 0.4) is 0 Å². The maximum absolute atomic E-state index is 12.8. The molecular formula is C25H25Cl2N5O2. The van der Waals surface area contributed by atoms with Crippen LogP contribution >= 0.6 is 23.2 Å². The number of hydrogen-bond acceptors (Lipinski definition) is 6. The Balaban J connectivity index is 1.40. The molecule has 0 unspecified atom stereocenters. The number of carbonyl (C=O) groups is 1. The molecule has 1 amide bonds. The zero-order valence-corrected chi connectivity index (χ0v) is 20.3. The fourth-order valence-electron chi connectivity index (χ4n) is 3.68. The number of ether oxygens (including phenoxy) is 1. The molecule has 1 N–H and O–H groups in total. The average molecular weight is 498 g/mol. The Morgan fingerprint density at radius 1 is 1.09 bits per heavy atom. The molecule has 176 valence electrons. The number of pyridine rings is 2. The van der Waals surface area contributed by atoms with Gasteiger partial charge in [0.25, 0.3) is 5.91 Å². The molecular weight excluding hydrogens is 473 g/mol. The van der Waals surface area contributed by atoms with Gasteiger partial charge in [-0.2, -0.15) is 4.98 Å². The van der Waals surface area contributed by atoms with E-state index in [0.29, 0.717) is 22.9 Å². The third kappa shape index (κ3) is 6.26. The van der Waals surface area contributed by atoms with E-state index in [4.69, 9.17) is 27.9 Å². The van der Waals surface area contributed by atoms with Crippen molar-refractivity contribution in [3.05, 3.63) is 82.1 Å². The van der Waals surface area contributed by atoms with Crippen molar-refractivity contribution in [3.8, 4) is 5.88 Å².